The van der Waals surface area contributed by atoms with Gasteiger partial charge in [0.1, 0.15) is 11.5 Å². The van der Waals surface area contributed by atoms with Crippen molar-refractivity contribution in [3.8, 4) is 17.2 Å². The lowest BCUT2D eigenvalue weighted by molar-refractivity contribution is 0.452. The fourth-order valence-electron chi connectivity index (χ4n) is 2.37. The molecule has 0 aliphatic heterocycles. The van der Waals surface area contributed by atoms with Crippen molar-refractivity contribution in [1.29, 1.82) is 0 Å². The van der Waals surface area contributed by atoms with E-state index in [1.54, 1.807) is 12.1 Å². The van der Waals surface area contributed by atoms with Gasteiger partial charge in [-0.05, 0) is 93.4 Å². The molecule has 1 atom stereocenters. The van der Waals surface area contributed by atoms with Crippen LogP contribution in [0.4, 0.5) is 0 Å². The second-order valence-corrected chi connectivity index (χ2v) is 11.3. The molecule has 0 saturated heterocycles. The summed E-state index contributed by atoms with van der Waals surface area (Å²) in [4.78, 5) is 9.47. The van der Waals surface area contributed by atoms with E-state index in [9.17, 15) is 14.6 Å². The van der Waals surface area contributed by atoms with E-state index in [1.165, 1.54) is 6.66 Å². The largest absolute Gasteiger partial charge is 0.508 e. The van der Waals surface area contributed by atoms with Crippen LogP contribution in [0.2, 0.25) is 0 Å². The molecule has 0 spiro atoms. The number of hydrogen-bond donors (Lipinski definition) is 2. The van der Waals surface area contributed by atoms with Gasteiger partial charge in [0.2, 0.25) is 0 Å². The summed E-state index contributed by atoms with van der Waals surface area (Å²) < 4.78 is 19.4. The Morgan fingerprint density at radius 2 is 1.76 bits per heavy atom. The molecule has 0 heterocycles. The van der Waals surface area contributed by atoms with Crippen LogP contribution in [0.1, 0.15) is 30.9 Å². The molecule has 1 unspecified atom stereocenters. The Labute approximate surface area is 175 Å². The molecule has 2 rings (SSSR count). The van der Waals surface area contributed by atoms with E-state index in [2.05, 4.69) is 45.2 Å². The fraction of sp³-hybridized carbons (Fsp3) is 0.333. The maximum atomic E-state index is 11.5. The summed E-state index contributed by atoms with van der Waals surface area (Å²) in [5.74, 6) is 1.91. The summed E-state index contributed by atoms with van der Waals surface area (Å²) in [7, 11) is -3.01. The van der Waals surface area contributed by atoms with Gasteiger partial charge in [0.25, 0.3) is 0 Å². The monoisotopic (exact) mass is 586 g/mol. The van der Waals surface area contributed by atoms with Crippen LogP contribution < -0.4 is 4.74 Å². The molecule has 0 aliphatic carbocycles. The Balaban J connectivity index is 2.26. The van der Waals surface area contributed by atoms with Gasteiger partial charge < -0.3 is 14.7 Å². The summed E-state index contributed by atoms with van der Waals surface area (Å²) in [6.07, 6.45) is 0.836. The lowest BCUT2D eigenvalue weighted by atomic mass is 10.0. The molecule has 0 bridgehead atoms. The van der Waals surface area contributed by atoms with Crippen molar-refractivity contribution in [2.75, 3.05) is 12.8 Å². The molecule has 2 aromatic carbocycles. The van der Waals surface area contributed by atoms with Gasteiger partial charge in [0, 0.05) is 18.4 Å². The van der Waals surface area contributed by atoms with Crippen LogP contribution >= 0.6 is 52.6 Å². The first-order valence-corrected chi connectivity index (χ1v) is 12.3. The van der Waals surface area contributed by atoms with E-state index in [0.29, 0.717) is 12.2 Å². The highest BCUT2D eigenvalue weighted by molar-refractivity contribution is 14.1. The molecule has 25 heavy (non-hydrogen) atoms. The Bertz CT molecular complexity index is 792. The molecule has 0 radical (unpaired) electrons. The molecule has 7 heteroatoms. The fourth-order valence-corrected chi connectivity index (χ4v) is 5.16. The summed E-state index contributed by atoms with van der Waals surface area (Å²) in [6.45, 7) is 5.43. The molecule has 0 aromatic heterocycles. The van der Waals surface area contributed by atoms with Gasteiger partial charge in [-0.2, -0.15) is 0 Å². The zero-order valence-electron chi connectivity index (χ0n) is 14.3. The molecule has 4 nitrogen and oxygen atoms in total. The van der Waals surface area contributed by atoms with Crippen molar-refractivity contribution in [2.24, 2.45) is 0 Å². The number of phenols is 1. The van der Waals surface area contributed by atoms with Crippen molar-refractivity contribution in [3.63, 3.8) is 0 Å². The quantitative estimate of drug-likeness (QED) is 0.324. The molecular weight excluding hydrogens is 565 g/mol. The Hall–Kier alpha value is -0.310. The van der Waals surface area contributed by atoms with Gasteiger partial charge in [-0.3, -0.25) is 4.57 Å². The molecule has 0 amide bonds. The molecular formula is C18H21I2O4P. The van der Waals surface area contributed by atoms with Gasteiger partial charge >= 0.3 is 0 Å². The van der Waals surface area contributed by atoms with Gasteiger partial charge in [-0.25, -0.2) is 0 Å². The van der Waals surface area contributed by atoms with Crippen LogP contribution in [0.3, 0.4) is 0 Å². The molecule has 136 valence electrons. The van der Waals surface area contributed by atoms with Crippen LogP contribution in [-0.2, 0) is 11.0 Å². The lowest BCUT2D eigenvalue weighted by Gasteiger charge is -2.15. The number of halogens is 2. The third-order valence-corrected chi connectivity index (χ3v) is 6.37. The van der Waals surface area contributed by atoms with Crippen LogP contribution in [0, 0.1) is 7.14 Å². The number of ether oxygens (including phenoxy) is 1. The van der Waals surface area contributed by atoms with E-state index in [-0.39, 0.29) is 17.8 Å². The lowest BCUT2D eigenvalue weighted by Crippen LogP contribution is -1.98. The zero-order chi connectivity index (χ0) is 18.8. The average Bonchev–Trinajstić information content (AvgIpc) is 2.49. The first-order chi connectivity index (χ1) is 11.6. The van der Waals surface area contributed by atoms with Crippen molar-refractivity contribution in [2.45, 2.75) is 26.2 Å². The maximum Gasteiger partial charge on any atom is 0.197 e. The average molecular weight is 586 g/mol. The minimum absolute atomic E-state index is 0.201. The van der Waals surface area contributed by atoms with Crippen molar-refractivity contribution in [3.05, 3.63) is 48.6 Å². The van der Waals surface area contributed by atoms with Crippen molar-refractivity contribution < 1.29 is 19.3 Å². The number of rotatable bonds is 6. The number of aromatic hydroxyl groups is 1. The molecule has 0 saturated carbocycles. The van der Waals surface area contributed by atoms with E-state index in [1.807, 2.05) is 32.0 Å². The summed E-state index contributed by atoms with van der Waals surface area (Å²) in [5, 5.41) is 9.94. The maximum absolute atomic E-state index is 11.5. The number of aryl methyl sites for hydroxylation is 1. The predicted molar refractivity (Wildman–Crippen MR) is 118 cm³/mol. The second kappa shape index (κ2) is 8.59. The summed E-state index contributed by atoms with van der Waals surface area (Å²) in [6, 6.07) is 9.23. The first kappa shape index (κ1) is 21.0. The molecule has 2 N–H and O–H groups in total. The normalized spacial score (nSPS) is 13.7. The standard InChI is InChI=1S/C18H21I2O4P/c1-11(2)14-10-13(4-5-17(14)21)24-18-15(19)8-12(9-16(18)20)6-7-25(3,22)23/h4-5,8-11,21H,6-7H2,1-3H3,(H,22,23). The van der Waals surface area contributed by atoms with Crippen LogP contribution in [0.25, 0.3) is 0 Å². The Morgan fingerprint density at radius 3 is 2.28 bits per heavy atom. The van der Waals surface area contributed by atoms with Crippen LogP contribution in [0.15, 0.2) is 30.3 Å². The third-order valence-electron chi connectivity index (χ3n) is 3.71. The molecule has 0 fully saturated rings. The van der Waals surface area contributed by atoms with Crippen molar-refractivity contribution in [1.82, 2.24) is 0 Å². The predicted octanol–water partition coefficient (Wildman–Crippen LogP) is 5.96. The van der Waals surface area contributed by atoms with Gasteiger partial charge in [-0.1, -0.05) is 13.8 Å². The topological polar surface area (TPSA) is 66.8 Å². The summed E-state index contributed by atoms with van der Waals surface area (Å²) in [5.41, 5.74) is 1.87. The third kappa shape index (κ3) is 6.12. The van der Waals surface area contributed by atoms with E-state index < -0.39 is 7.37 Å². The molecule has 2 aromatic rings. The minimum atomic E-state index is -3.01. The number of phenolic OH excluding ortho intramolecular Hbond substituents is 1. The van der Waals surface area contributed by atoms with Gasteiger partial charge in [0.15, 0.2) is 13.1 Å². The van der Waals surface area contributed by atoms with Gasteiger partial charge in [-0.15, -0.1) is 0 Å². The van der Waals surface area contributed by atoms with Crippen molar-refractivity contribution >= 4 is 52.6 Å². The summed E-state index contributed by atoms with van der Waals surface area (Å²) >= 11 is 4.43. The smallest absolute Gasteiger partial charge is 0.197 e. The Kier molecular flexibility index (Phi) is 7.21. The van der Waals surface area contributed by atoms with Crippen LogP contribution in [-0.4, -0.2) is 22.8 Å². The highest BCUT2D eigenvalue weighted by Gasteiger charge is 2.15. The highest BCUT2D eigenvalue weighted by Crippen LogP contribution is 2.38. The minimum Gasteiger partial charge on any atom is -0.508 e. The Morgan fingerprint density at radius 1 is 1.16 bits per heavy atom. The SMILES string of the molecule is CC(C)c1cc(Oc2c(I)cc(CCP(C)(=O)O)cc2I)ccc1O. The number of benzene rings is 2. The first-order valence-electron chi connectivity index (χ1n) is 7.85. The molecule has 0 aliphatic rings. The number of hydrogen-bond acceptors (Lipinski definition) is 3. The second-order valence-electron chi connectivity index (χ2n) is 6.39. The highest BCUT2D eigenvalue weighted by atomic mass is 127. The van der Waals surface area contributed by atoms with E-state index in [0.717, 1.165) is 24.0 Å². The van der Waals surface area contributed by atoms with E-state index in [4.69, 9.17) is 4.74 Å². The van der Waals surface area contributed by atoms with Crippen LogP contribution in [0.5, 0.6) is 17.2 Å². The van der Waals surface area contributed by atoms with Gasteiger partial charge in [0.05, 0.1) is 7.14 Å². The van der Waals surface area contributed by atoms with E-state index >= 15 is 0 Å². The zero-order valence-corrected chi connectivity index (χ0v) is 19.5.